The molecule has 108 valence electrons. The normalized spacial score (nSPS) is 12.7. The zero-order valence-corrected chi connectivity index (χ0v) is 10.5. The molecule has 0 radical (unpaired) electrons. The van der Waals surface area contributed by atoms with E-state index in [1.807, 2.05) is 0 Å². The Balaban J connectivity index is 2.66. The summed E-state index contributed by atoms with van der Waals surface area (Å²) in [5.74, 6) is -7.18. The SMILES string of the molecule is FC(F)(F)C(F)(F)c1nnc(CCl)n1-c1ccccc1. The Morgan fingerprint density at radius 1 is 1.00 bits per heavy atom. The first kappa shape index (κ1) is 14.7. The second kappa shape index (κ2) is 5.01. The van der Waals surface area contributed by atoms with Crippen LogP contribution in [0.15, 0.2) is 30.3 Å². The highest BCUT2D eigenvalue weighted by atomic mass is 35.5. The van der Waals surface area contributed by atoms with Crippen molar-refractivity contribution in [2.24, 2.45) is 0 Å². The fraction of sp³-hybridized carbons (Fsp3) is 0.273. The molecule has 2 rings (SSSR count). The molecule has 0 spiro atoms. The highest BCUT2D eigenvalue weighted by Gasteiger charge is 2.62. The van der Waals surface area contributed by atoms with Crippen LogP contribution in [0.5, 0.6) is 0 Å². The van der Waals surface area contributed by atoms with Crippen LogP contribution in [-0.4, -0.2) is 20.9 Å². The molecule has 0 aliphatic heterocycles. The van der Waals surface area contributed by atoms with Crippen LogP contribution in [0.25, 0.3) is 5.69 Å². The number of halogens is 6. The molecule has 0 N–H and O–H groups in total. The molecule has 0 fully saturated rings. The van der Waals surface area contributed by atoms with Crippen LogP contribution in [-0.2, 0) is 11.8 Å². The van der Waals surface area contributed by atoms with E-state index in [0.717, 1.165) is 0 Å². The average molecular weight is 312 g/mol. The number of benzene rings is 1. The summed E-state index contributed by atoms with van der Waals surface area (Å²) in [5, 5.41) is 6.25. The zero-order valence-electron chi connectivity index (χ0n) is 9.70. The van der Waals surface area contributed by atoms with E-state index in [1.54, 1.807) is 6.07 Å². The number of alkyl halides is 6. The summed E-state index contributed by atoms with van der Waals surface area (Å²) in [6, 6.07) is 7.28. The van der Waals surface area contributed by atoms with Crippen LogP contribution in [0.1, 0.15) is 11.6 Å². The van der Waals surface area contributed by atoms with Crippen molar-refractivity contribution in [3.63, 3.8) is 0 Å². The first-order chi connectivity index (χ1) is 9.29. The summed E-state index contributed by atoms with van der Waals surface area (Å²) < 4.78 is 64.9. The molecule has 1 aromatic heterocycles. The summed E-state index contributed by atoms with van der Waals surface area (Å²) in [6.07, 6.45) is -5.77. The van der Waals surface area contributed by atoms with Crippen LogP contribution < -0.4 is 0 Å². The van der Waals surface area contributed by atoms with Crippen LogP contribution >= 0.6 is 11.6 Å². The Labute approximate surface area is 115 Å². The molecule has 1 heterocycles. The first-order valence-electron chi connectivity index (χ1n) is 5.29. The van der Waals surface area contributed by atoms with Gasteiger partial charge < -0.3 is 0 Å². The van der Waals surface area contributed by atoms with Crippen molar-refractivity contribution < 1.29 is 22.0 Å². The molecule has 9 heteroatoms. The minimum Gasteiger partial charge on any atom is -0.277 e. The van der Waals surface area contributed by atoms with E-state index in [2.05, 4.69) is 10.2 Å². The third-order valence-electron chi connectivity index (χ3n) is 2.50. The van der Waals surface area contributed by atoms with Gasteiger partial charge in [-0.3, -0.25) is 4.57 Å². The molecule has 0 amide bonds. The highest BCUT2D eigenvalue weighted by molar-refractivity contribution is 6.16. The Morgan fingerprint density at radius 2 is 1.60 bits per heavy atom. The summed E-state index contributed by atoms with van der Waals surface area (Å²) in [5.41, 5.74) is 0.0760. The summed E-state index contributed by atoms with van der Waals surface area (Å²) >= 11 is 5.51. The molecule has 0 aliphatic rings. The lowest BCUT2D eigenvalue weighted by molar-refractivity contribution is -0.293. The third-order valence-corrected chi connectivity index (χ3v) is 2.74. The smallest absolute Gasteiger partial charge is 0.277 e. The van der Waals surface area contributed by atoms with Gasteiger partial charge in [0, 0.05) is 5.69 Å². The predicted octanol–water partition coefficient (Wildman–Crippen LogP) is 3.66. The third kappa shape index (κ3) is 2.35. The molecule has 2 aromatic rings. The molecular weight excluding hydrogens is 305 g/mol. The van der Waals surface area contributed by atoms with Gasteiger partial charge in [0.05, 0.1) is 5.88 Å². The maximum Gasteiger partial charge on any atom is 0.461 e. The molecule has 0 aliphatic carbocycles. The molecule has 0 unspecified atom stereocenters. The Kier molecular flexibility index (Phi) is 3.68. The number of aromatic nitrogens is 3. The van der Waals surface area contributed by atoms with Crippen molar-refractivity contribution in [1.29, 1.82) is 0 Å². The maximum atomic E-state index is 13.5. The van der Waals surface area contributed by atoms with E-state index >= 15 is 0 Å². The van der Waals surface area contributed by atoms with Gasteiger partial charge in [0.25, 0.3) is 0 Å². The number of rotatable bonds is 3. The van der Waals surface area contributed by atoms with Gasteiger partial charge in [0.1, 0.15) is 0 Å². The Bertz CT molecular complexity index is 594. The van der Waals surface area contributed by atoms with E-state index in [4.69, 9.17) is 11.6 Å². The van der Waals surface area contributed by atoms with Gasteiger partial charge >= 0.3 is 12.1 Å². The molecule has 0 bridgehead atoms. The number of hydrogen-bond acceptors (Lipinski definition) is 2. The van der Waals surface area contributed by atoms with Gasteiger partial charge in [0.15, 0.2) is 5.82 Å². The van der Waals surface area contributed by atoms with E-state index in [9.17, 15) is 22.0 Å². The monoisotopic (exact) mass is 311 g/mol. The topological polar surface area (TPSA) is 30.7 Å². The quantitative estimate of drug-likeness (QED) is 0.640. The second-order valence-corrected chi connectivity index (χ2v) is 4.08. The minimum atomic E-state index is -5.77. The molecular formula is C11H7ClF5N3. The number of para-hydroxylation sites is 1. The molecule has 1 aromatic carbocycles. The Hall–Kier alpha value is -1.70. The van der Waals surface area contributed by atoms with E-state index in [1.165, 1.54) is 24.3 Å². The van der Waals surface area contributed by atoms with Crippen molar-refractivity contribution in [2.45, 2.75) is 18.0 Å². The van der Waals surface area contributed by atoms with E-state index in [0.29, 0.717) is 4.57 Å². The molecule has 0 saturated carbocycles. The van der Waals surface area contributed by atoms with Crippen molar-refractivity contribution in [3.8, 4) is 5.69 Å². The zero-order chi connectivity index (χ0) is 15.0. The molecule has 3 nitrogen and oxygen atoms in total. The van der Waals surface area contributed by atoms with Crippen molar-refractivity contribution in [3.05, 3.63) is 42.0 Å². The average Bonchev–Trinajstić information content (AvgIpc) is 2.82. The van der Waals surface area contributed by atoms with Gasteiger partial charge in [-0.2, -0.15) is 22.0 Å². The predicted molar refractivity (Wildman–Crippen MR) is 60.9 cm³/mol. The standard InChI is InChI=1S/C11H7ClF5N3/c12-6-8-18-19-9(10(13,14)11(15,16)17)20(8)7-4-2-1-3-5-7/h1-5H,6H2. The fourth-order valence-electron chi connectivity index (χ4n) is 1.58. The number of nitrogens with zero attached hydrogens (tertiary/aromatic N) is 3. The van der Waals surface area contributed by atoms with Gasteiger partial charge in [0.2, 0.25) is 5.82 Å². The first-order valence-corrected chi connectivity index (χ1v) is 5.83. The highest BCUT2D eigenvalue weighted by Crippen LogP contribution is 2.43. The molecule has 0 atom stereocenters. The van der Waals surface area contributed by atoms with Crippen molar-refractivity contribution >= 4 is 11.6 Å². The summed E-state index contributed by atoms with van der Waals surface area (Å²) in [7, 11) is 0. The lowest BCUT2D eigenvalue weighted by Crippen LogP contribution is -2.36. The van der Waals surface area contributed by atoms with Crippen LogP contribution in [0.2, 0.25) is 0 Å². The van der Waals surface area contributed by atoms with Gasteiger partial charge in [-0.15, -0.1) is 21.8 Å². The summed E-state index contributed by atoms with van der Waals surface area (Å²) in [4.78, 5) is 0. The van der Waals surface area contributed by atoms with Gasteiger partial charge in [-0.25, -0.2) is 0 Å². The lowest BCUT2D eigenvalue weighted by atomic mass is 10.2. The van der Waals surface area contributed by atoms with Crippen LogP contribution in [0, 0.1) is 0 Å². The van der Waals surface area contributed by atoms with E-state index in [-0.39, 0.29) is 17.4 Å². The number of hydrogen-bond donors (Lipinski definition) is 0. The van der Waals surface area contributed by atoms with Crippen LogP contribution in [0.3, 0.4) is 0 Å². The molecule has 0 saturated heterocycles. The van der Waals surface area contributed by atoms with Crippen LogP contribution in [0.4, 0.5) is 22.0 Å². The fourth-order valence-corrected chi connectivity index (χ4v) is 1.75. The van der Waals surface area contributed by atoms with Crippen molar-refractivity contribution in [2.75, 3.05) is 0 Å². The largest absolute Gasteiger partial charge is 0.461 e. The molecule has 20 heavy (non-hydrogen) atoms. The second-order valence-electron chi connectivity index (χ2n) is 3.82. The van der Waals surface area contributed by atoms with Gasteiger partial charge in [-0.05, 0) is 12.1 Å². The van der Waals surface area contributed by atoms with Gasteiger partial charge in [-0.1, -0.05) is 18.2 Å². The lowest BCUT2D eigenvalue weighted by Gasteiger charge is -2.20. The summed E-state index contributed by atoms with van der Waals surface area (Å²) in [6.45, 7) is 0. The van der Waals surface area contributed by atoms with E-state index < -0.39 is 17.9 Å². The maximum absolute atomic E-state index is 13.5. The Morgan fingerprint density at radius 3 is 2.10 bits per heavy atom. The van der Waals surface area contributed by atoms with Crippen molar-refractivity contribution in [1.82, 2.24) is 14.8 Å². The minimum absolute atomic E-state index is 0.0760.